The standard InChI is InChI=1S/C19H16F2N4O4/c1-27-15-8-11(6-7-14(15)28-19(20)21)18-23-17(29-24-18)9-25-13-5-3-2-4-12(13)22-16(25)10-26/h2-8,19,26H,9-10H2,1H3. The van der Waals surface area contributed by atoms with E-state index in [1.807, 2.05) is 24.3 Å². The summed E-state index contributed by atoms with van der Waals surface area (Å²) in [6, 6.07) is 11.8. The predicted molar refractivity (Wildman–Crippen MR) is 97.7 cm³/mol. The molecule has 29 heavy (non-hydrogen) atoms. The lowest BCUT2D eigenvalue weighted by Crippen LogP contribution is -2.05. The highest BCUT2D eigenvalue weighted by Gasteiger charge is 2.17. The van der Waals surface area contributed by atoms with Crippen molar-refractivity contribution in [2.24, 2.45) is 0 Å². The largest absolute Gasteiger partial charge is 0.493 e. The fraction of sp³-hybridized carbons (Fsp3) is 0.211. The van der Waals surface area contributed by atoms with Gasteiger partial charge in [-0.05, 0) is 30.3 Å². The van der Waals surface area contributed by atoms with Crippen LogP contribution in [0.25, 0.3) is 22.4 Å². The van der Waals surface area contributed by atoms with Crippen molar-refractivity contribution in [3.05, 3.63) is 54.2 Å². The van der Waals surface area contributed by atoms with E-state index in [9.17, 15) is 13.9 Å². The molecule has 0 aliphatic heterocycles. The number of fused-ring (bicyclic) bond motifs is 1. The van der Waals surface area contributed by atoms with Gasteiger partial charge in [-0.25, -0.2) is 4.98 Å². The summed E-state index contributed by atoms with van der Waals surface area (Å²) in [5, 5.41) is 13.5. The summed E-state index contributed by atoms with van der Waals surface area (Å²) in [6.07, 6.45) is 0. The Morgan fingerprint density at radius 2 is 1.97 bits per heavy atom. The minimum absolute atomic E-state index is 0.0903. The summed E-state index contributed by atoms with van der Waals surface area (Å²) >= 11 is 0. The van der Waals surface area contributed by atoms with Gasteiger partial charge in [0.25, 0.3) is 0 Å². The number of halogens is 2. The van der Waals surface area contributed by atoms with Crippen LogP contribution in [0.3, 0.4) is 0 Å². The van der Waals surface area contributed by atoms with E-state index in [1.165, 1.54) is 25.3 Å². The number of benzene rings is 2. The lowest BCUT2D eigenvalue weighted by atomic mass is 10.2. The van der Waals surface area contributed by atoms with Gasteiger partial charge in [0.1, 0.15) is 19.0 Å². The minimum Gasteiger partial charge on any atom is -0.493 e. The highest BCUT2D eigenvalue weighted by Crippen LogP contribution is 2.32. The second kappa shape index (κ2) is 7.84. The third-order valence-corrected chi connectivity index (χ3v) is 4.27. The van der Waals surface area contributed by atoms with Crippen molar-refractivity contribution in [1.82, 2.24) is 19.7 Å². The average molecular weight is 402 g/mol. The van der Waals surface area contributed by atoms with Crippen LogP contribution >= 0.6 is 0 Å². The van der Waals surface area contributed by atoms with Crippen LogP contribution in [0.15, 0.2) is 47.0 Å². The van der Waals surface area contributed by atoms with Gasteiger partial charge in [0.2, 0.25) is 11.7 Å². The van der Waals surface area contributed by atoms with Crippen LogP contribution in [0.2, 0.25) is 0 Å². The zero-order valence-corrected chi connectivity index (χ0v) is 15.2. The lowest BCUT2D eigenvalue weighted by molar-refractivity contribution is -0.0512. The molecule has 0 amide bonds. The maximum atomic E-state index is 12.5. The monoisotopic (exact) mass is 402 g/mol. The van der Waals surface area contributed by atoms with Gasteiger partial charge in [0.05, 0.1) is 18.1 Å². The SMILES string of the molecule is COc1cc(-c2noc(Cn3c(CO)nc4ccccc43)n2)ccc1OC(F)F. The van der Waals surface area contributed by atoms with Gasteiger partial charge in [-0.1, -0.05) is 17.3 Å². The van der Waals surface area contributed by atoms with Crippen molar-refractivity contribution in [2.75, 3.05) is 7.11 Å². The van der Waals surface area contributed by atoms with Crippen molar-refractivity contribution in [3.8, 4) is 22.9 Å². The maximum Gasteiger partial charge on any atom is 0.387 e. The second-order valence-electron chi connectivity index (χ2n) is 6.02. The summed E-state index contributed by atoms with van der Waals surface area (Å²) in [6.45, 7) is -2.98. The molecule has 10 heteroatoms. The van der Waals surface area contributed by atoms with Crippen molar-refractivity contribution < 1.29 is 27.9 Å². The first-order valence-electron chi connectivity index (χ1n) is 8.60. The number of aliphatic hydroxyl groups is 1. The van der Waals surface area contributed by atoms with Crippen LogP contribution in [-0.2, 0) is 13.2 Å². The molecular weight excluding hydrogens is 386 g/mol. The number of rotatable bonds is 7. The Labute approximate surface area is 163 Å². The van der Waals surface area contributed by atoms with E-state index in [0.717, 1.165) is 11.0 Å². The predicted octanol–water partition coefficient (Wildman–Crippen LogP) is 3.24. The molecule has 0 aliphatic carbocycles. The summed E-state index contributed by atoms with van der Waals surface area (Å²) in [5.41, 5.74) is 2.08. The zero-order valence-electron chi connectivity index (χ0n) is 15.2. The fourth-order valence-corrected chi connectivity index (χ4v) is 2.99. The van der Waals surface area contributed by atoms with E-state index < -0.39 is 6.61 Å². The third-order valence-electron chi connectivity index (χ3n) is 4.27. The van der Waals surface area contributed by atoms with Crippen molar-refractivity contribution in [1.29, 1.82) is 0 Å². The number of hydrogen-bond donors (Lipinski definition) is 1. The van der Waals surface area contributed by atoms with Crippen LogP contribution in [0.1, 0.15) is 11.7 Å². The molecule has 1 N–H and O–H groups in total. The average Bonchev–Trinajstić information content (AvgIpc) is 3.33. The van der Waals surface area contributed by atoms with Gasteiger partial charge in [0.15, 0.2) is 11.5 Å². The number of para-hydroxylation sites is 2. The van der Waals surface area contributed by atoms with Crippen LogP contribution < -0.4 is 9.47 Å². The Morgan fingerprint density at radius 1 is 1.14 bits per heavy atom. The second-order valence-corrected chi connectivity index (χ2v) is 6.02. The van der Waals surface area contributed by atoms with Crippen molar-refractivity contribution >= 4 is 11.0 Å². The molecule has 0 unspecified atom stereocenters. The quantitative estimate of drug-likeness (QED) is 0.507. The molecule has 2 heterocycles. The Balaban J connectivity index is 1.63. The van der Waals surface area contributed by atoms with E-state index in [0.29, 0.717) is 17.3 Å². The number of hydrogen-bond acceptors (Lipinski definition) is 7. The van der Waals surface area contributed by atoms with Crippen LogP contribution in [0.5, 0.6) is 11.5 Å². The summed E-state index contributed by atoms with van der Waals surface area (Å²) in [5.74, 6) is 1.06. The highest BCUT2D eigenvalue weighted by molar-refractivity contribution is 5.76. The highest BCUT2D eigenvalue weighted by atomic mass is 19.3. The molecule has 0 bridgehead atoms. The molecule has 2 aromatic carbocycles. The third kappa shape index (κ3) is 3.74. The number of nitrogens with zero attached hydrogens (tertiary/aromatic N) is 4. The first-order valence-corrected chi connectivity index (χ1v) is 8.60. The van der Waals surface area contributed by atoms with E-state index in [-0.39, 0.29) is 30.5 Å². The normalized spacial score (nSPS) is 11.3. The fourth-order valence-electron chi connectivity index (χ4n) is 2.99. The first-order chi connectivity index (χ1) is 14.1. The number of imidazole rings is 1. The van der Waals surface area contributed by atoms with E-state index >= 15 is 0 Å². The van der Waals surface area contributed by atoms with Gasteiger partial charge < -0.3 is 23.7 Å². The van der Waals surface area contributed by atoms with Gasteiger partial charge in [-0.3, -0.25) is 0 Å². The van der Waals surface area contributed by atoms with E-state index in [2.05, 4.69) is 19.9 Å². The Kier molecular flexibility index (Phi) is 5.09. The molecule has 0 radical (unpaired) electrons. The summed E-state index contributed by atoms with van der Waals surface area (Å²) in [7, 11) is 1.35. The molecule has 4 aromatic rings. The number of ether oxygens (including phenoxy) is 2. The molecular formula is C19H16F2N4O4. The molecule has 0 atom stereocenters. The molecule has 2 aromatic heterocycles. The van der Waals surface area contributed by atoms with Crippen LogP contribution in [0.4, 0.5) is 8.78 Å². The topological polar surface area (TPSA) is 95.4 Å². The number of aromatic nitrogens is 4. The number of alkyl halides is 2. The zero-order chi connectivity index (χ0) is 20.4. The van der Waals surface area contributed by atoms with E-state index in [1.54, 1.807) is 4.57 Å². The Hall–Kier alpha value is -3.53. The molecule has 0 saturated carbocycles. The van der Waals surface area contributed by atoms with Gasteiger partial charge >= 0.3 is 6.61 Å². The Morgan fingerprint density at radius 3 is 2.72 bits per heavy atom. The summed E-state index contributed by atoms with van der Waals surface area (Å²) in [4.78, 5) is 8.73. The van der Waals surface area contributed by atoms with Crippen molar-refractivity contribution in [3.63, 3.8) is 0 Å². The Bertz CT molecular complexity index is 1140. The molecule has 8 nitrogen and oxygen atoms in total. The molecule has 0 fully saturated rings. The molecule has 150 valence electrons. The first kappa shape index (κ1) is 18.8. The maximum absolute atomic E-state index is 12.5. The molecule has 0 saturated heterocycles. The molecule has 4 rings (SSSR count). The smallest absolute Gasteiger partial charge is 0.387 e. The van der Waals surface area contributed by atoms with Crippen LogP contribution in [0, 0.1) is 0 Å². The van der Waals surface area contributed by atoms with Gasteiger partial charge in [-0.2, -0.15) is 13.8 Å². The molecule has 0 spiro atoms. The number of aliphatic hydroxyl groups excluding tert-OH is 1. The number of methoxy groups -OCH3 is 1. The van der Waals surface area contributed by atoms with Crippen LogP contribution in [-0.4, -0.2) is 38.5 Å². The molecule has 0 aliphatic rings. The van der Waals surface area contributed by atoms with E-state index in [4.69, 9.17) is 9.26 Å². The summed E-state index contributed by atoms with van der Waals surface area (Å²) < 4.78 is 41.6. The van der Waals surface area contributed by atoms with Gasteiger partial charge in [-0.15, -0.1) is 0 Å². The van der Waals surface area contributed by atoms with Gasteiger partial charge in [0, 0.05) is 5.56 Å². The minimum atomic E-state index is -2.96. The van der Waals surface area contributed by atoms with Crippen molar-refractivity contribution in [2.45, 2.75) is 19.8 Å². The lowest BCUT2D eigenvalue weighted by Gasteiger charge is -2.10.